The highest BCUT2D eigenvalue weighted by atomic mass is 16.5. The van der Waals surface area contributed by atoms with E-state index < -0.39 is 6.10 Å². The molecule has 4 rings (SSSR count). The summed E-state index contributed by atoms with van der Waals surface area (Å²) in [4.78, 5) is 0. The van der Waals surface area contributed by atoms with Gasteiger partial charge in [-0.3, -0.25) is 0 Å². The van der Waals surface area contributed by atoms with Gasteiger partial charge in [0.15, 0.2) is 0 Å². The fraction of sp³-hybridized carbons (Fsp3) is 0.667. The minimum Gasteiger partial charge on any atom is -0.387 e. The summed E-state index contributed by atoms with van der Waals surface area (Å²) in [7, 11) is 0. The molecule has 0 amide bonds. The van der Waals surface area contributed by atoms with Crippen molar-refractivity contribution in [3.8, 4) is 0 Å². The molecule has 1 aromatic carbocycles. The van der Waals surface area contributed by atoms with Crippen LogP contribution in [0.2, 0.25) is 0 Å². The quantitative estimate of drug-likeness (QED) is 0.894. The molecule has 3 aliphatic rings. The van der Waals surface area contributed by atoms with E-state index in [1.54, 1.807) is 0 Å². The molecule has 4 atom stereocenters. The maximum absolute atomic E-state index is 10.5. The standard InChI is InChI=1S/C18H25NO2/c1-12-5-2-3-6-13(12)15(20)11-19-16-14-7-10-21-17(14)18(16)8-4-9-18/h2-3,5-6,14-17,19-20H,4,7-11H2,1H3. The highest BCUT2D eigenvalue weighted by molar-refractivity contribution is 5.28. The number of aliphatic hydroxyl groups is 1. The molecule has 0 bridgehead atoms. The first-order valence-electron chi connectivity index (χ1n) is 8.31. The van der Waals surface area contributed by atoms with Gasteiger partial charge in [0.05, 0.1) is 12.2 Å². The second kappa shape index (κ2) is 5.08. The molecule has 3 heteroatoms. The topological polar surface area (TPSA) is 41.5 Å². The van der Waals surface area contributed by atoms with Crippen molar-refractivity contribution in [2.24, 2.45) is 11.3 Å². The molecule has 2 N–H and O–H groups in total. The summed E-state index contributed by atoms with van der Waals surface area (Å²) in [6.45, 7) is 3.65. The largest absolute Gasteiger partial charge is 0.387 e. The fourth-order valence-electron chi connectivity index (χ4n) is 4.87. The highest BCUT2D eigenvalue weighted by Gasteiger charge is 2.66. The summed E-state index contributed by atoms with van der Waals surface area (Å²) < 4.78 is 5.95. The summed E-state index contributed by atoms with van der Waals surface area (Å²) in [6, 6.07) is 8.68. The normalized spacial score (nSPS) is 34.1. The Morgan fingerprint density at radius 2 is 2.19 bits per heavy atom. The van der Waals surface area contributed by atoms with E-state index in [0.29, 0.717) is 30.0 Å². The van der Waals surface area contributed by atoms with Gasteiger partial charge in [-0.05, 0) is 37.3 Å². The Balaban J connectivity index is 1.42. The minimum absolute atomic E-state index is 0.395. The Bertz CT molecular complexity index is 526. The Labute approximate surface area is 126 Å². The van der Waals surface area contributed by atoms with E-state index in [9.17, 15) is 5.11 Å². The van der Waals surface area contributed by atoms with E-state index >= 15 is 0 Å². The summed E-state index contributed by atoms with van der Waals surface area (Å²) in [5.41, 5.74) is 2.61. The Morgan fingerprint density at radius 1 is 1.38 bits per heavy atom. The number of hydrogen-bond donors (Lipinski definition) is 2. The summed E-state index contributed by atoms with van der Waals surface area (Å²) in [5, 5.41) is 14.2. The Kier molecular flexibility index (Phi) is 3.32. The predicted octanol–water partition coefficient (Wildman–Crippen LogP) is 2.58. The van der Waals surface area contributed by atoms with Crippen LogP contribution < -0.4 is 5.32 Å². The molecule has 21 heavy (non-hydrogen) atoms. The fourth-order valence-corrected chi connectivity index (χ4v) is 4.87. The van der Waals surface area contributed by atoms with Gasteiger partial charge in [-0.2, -0.15) is 0 Å². The van der Waals surface area contributed by atoms with Crippen LogP contribution in [0, 0.1) is 18.3 Å². The Morgan fingerprint density at radius 3 is 2.90 bits per heavy atom. The number of benzene rings is 1. The van der Waals surface area contributed by atoms with E-state index in [4.69, 9.17) is 4.74 Å². The average Bonchev–Trinajstić information content (AvgIpc) is 2.83. The molecule has 1 heterocycles. The van der Waals surface area contributed by atoms with Gasteiger partial charge in [-0.25, -0.2) is 0 Å². The van der Waals surface area contributed by atoms with Gasteiger partial charge in [-0.15, -0.1) is 0 Å². The molecule has 1 saturated heterocycles. The van der Waals surface area contributed by atoms with E-state index in [-0.39, 0.29) is 0 Å². The molecule has 0 radical (unpaired) electrons. The van der Waals surface area contributed by atoms with Crippen molar-refractivity contribution in [3.63, 3.8) is 0 Å². The van der Waals surface area contributed by atoms with Crippen LogP contribution in [0.3, 0.4) is 0 Å². The molecular weight excluding hydrogens is 262 g/mol. The van der Waals surface area contributed by atoms with E-state index in [0.717, 1.165) is 12.2 Å². The molecule has 3 fully saturated rings. The second-order valence-corrected chi connectivity index (χ2v) is 7.09. The van der Waals surface area contributed by atoms with Crippen molar-refractivity contribution in [1.29, 1.82) is 0 Å². The predicted molar refractivity (Wildman–Crippen MR) is 82.1 cm³/mol. The first kappa shape index (κ1) is 13.7. The number of aliphatic hydroxyl groups excluding tert-OH is 1. The van der Waals surface area contributed by atoms with Crippen LogP contribution >= 0.6 is 0 Å². The van der Waals surface area contributed by atoms with Gasteiger partial charge in [0, 0.05) is 30.5 Å². The van der Waals surface area contributed by atoms with Crippen LogP contribution in [0.15, 0.2) is 24.3 Å². The summed E-state index contributed by atoms with van der Waals surface area (Å²) >= 11 is 0. The number of rotatable bonds is 4. The number of aryl methyl sites for hydroxylation is 1. The lowest BCUT2D eigenvalue weighted by molar-refractivity contribution is -0.177. The van der Waals surface area contributed by atoms with E-state index in [1.807, 2.05) is 18.2 Å². The van der Waals surface area contributed by atoms with Crippen LogP contribution in [0.25, 0.3) is 0 Å². The average molecular weight is 287 g/mol. The third-order valence-electron chi connectivity index (χ3n) is 6.11. The number of fused-ring (bicyclic) bond motifs is 2. The van der Waals surface area contributed by atoms with Crippen LogP contribution in [0.4, 0.5) is 0 Å². The first-order chi connectivity index (χ1) is 10.2. The van der Waals surface area contributed by atoms with Gasteiger partial charge in [0.25, 0.3) is 0 Å². The van der Waals surface area contributed by atoms with Crippen LogP contribution in [0.1, 0.15) is 42.9 Å². The van der Waals surface area contributed by atoms with Crippen molar-refractivity contribution in [2.75, 3.05) is 13.2 Å². The van der Waals surface area contributed by atoms with Crippen molar-refractivity contribution in [2.45, 2.75) is 50.9 Å². The molecule has 2 saturated carbocycles. The zero-order valence-electron chi connectivity index (χ0n) is 12.7. The van der Waals surface area contributed by atoms with Crippen molar-refractivity contribution in [3.05, 3.63) is 35.4 Å². The van der Waals surface area contributed by atoms with Gasteiger partial charge in [0.2, 0.25) is 0 Å². The molecule has 1 aromatic rings. The third kappa shape index (κ3) is 1.98. The number of nitrogens with one attached hydrogen (secondary N) is 1. The third-order valence-corrected chi connectivity index (χ3v) is 6.11. The minimum atomic E-state index is -0.412. The van der Waals surface area contributed by atoms with Crippen LogP contribution in [-0.2, 0) is 4.74 Å². The number of ether oxygens (including phenoxy) is 1. The molecule has 1 spiro atoms. The monoisotopic (exact) mass is 287 g/mol. The lowest BCUT2D eigenvalue weighted by Gasteiger charge is -2.63. The summed E-state index contributed by atoms with van der Waals surface area (Å²) in [6.07, 6.45) is 5.21. The van der Waals surface area contributed by atoms with Crippen molar-refractivity contribution < 1.29 is 9.84 Å². The van der Waals surface area contributed by atoms with Gasteiger partial charge in [0.1, 0.15) is 0 Å². The van der Waals surface area contributed by atoms with Gasteiger partial charge >= 0.3 is 0 Å². The molecule has 0 aromatic heterocycles. The maximum atomic E-state index is 10.5. The zero-order valence-corrected chi connectivity index (χ0v) is 12.7. The molecular formula is C18H25NO2. The van der Waals surface area contributed by atoms with E-state index in [1.165, 1.54) is 31.2 Å². The molecule has 3 nitrogen and oxygen atoms in total. The van der Waals surface area contributed by atoms with E-state index in [2.05, 4.69) is 18.3 Å². The molecule has 114 valence electrons. The maximum Gasteiger partial charge on any atom is 0.0917 e. The summed E-state index contributed by atoms with van der Waals surface area (Å²) in [5.74, 6) is 0.675. The highest BCUT2D eigenvalue weighted by Crippen LogP contribution is 2.62. The molecule has 2 aliphatic carbocycles. The van der Waals surface area contributed by atoms with Crippen LogP contribution in [0.5, 0.6) is 0 Å². The van der Waals surface area contributed by atoms with Crippen molar-refractivity contribution >= 4 is 0 Å². The Hall–Kier alpha value is -0.900. The smallest absolute Gasteiger partial charge is 0.0917 e. The SMILES string of the molecule is Cc1ccccc1C(O)CNC1C2CCOC2C12CCC2. The van der Waals surface area contributed by atoms with Gasteiger partial charge in [-0.1, -0.05) is 30.7 Å². The molecule has 4 unspecified atom stereocenters. The second-order valence-electron chi connectivity index (χ2n) is 7.09. The van der Waals surface area contributed by atoms with Gasteiger partial charge < -0.3 is 15.2 Å². The zero-order chi connectivity index (χ0) is 14.4. The first-order valence-corrected chi connectivity index (χ1v) is 8.31. The lowest BCUT2D eigenvalue weighted by Crippen LogP contribution is -2.71. The lowest BCUT2D eigenvalue weighted by atomic mass is 9.46. The molecule has 1 aliphatic heterocycles. The van der Waals surface area contributed by atoms with Crippen molar-refractivity contribution in [1.82, 2.24) is 5.32 Å². The number of hydrogen-bond acceptors (Lipinski definition) is 3. The van der Waals surface area contributed by atoms with Crippen LogP contribution in [-0.4, -0.2) is 30.4 Å².